The first kappa shape index (κ1) is 63.3. The van der Waals surface area contributed by atoms with Crippen LogP contribution in [0.5, 0.6) is 0 Å². The van der Waals surface area contributed by atoms with E-state index in [1.807, 2.05) is 0 Å². The molecule has 0 radical (unpaired) electrons. The zero-order valence-corrected chi connectivity index (χ0v) is 43.6. The number of esters is 3. The average Bonchev–Trinajstić information content (AvgIpc) is 3.33. The normalized spacial score (nSPS) is 12.8. The van der Waals surface area contributed by atoms with E-state index in [2.05, 4.69) is 118 Å². The summed E-state index contributed by atoms with van der Waals surface area (Å²) in [6, 6.07) is 0. The lowest BCUT2D eigenvalue weighted by atomic mass is 10.0. The molecule has 0 amide bonds. The van der Waals surface area contributed by atoms with Gasteiger partial charge in [0.25, 0.3) is 0 Å². The SMILES string of the molecule is CC/C=C\C/C=C\C/C=C\C/C=C\C/C=C\CCCCCC(=O)OCC(COC(=O)CCCCCCCCCCCCCCCC)OC(=O)CCCCCCCC/C=C\C/C=C\C/C=C\CC. The van der Waals surface area contributed by atoms with Crippen molar-refractivity contribution in [1.29, 1.82) is 0 Å². The molecule has 0 rings (SSSR count). The summed E-state index contributed by atoms with van der Waals surface area (Å²) in [5, 5.41) is 0. The third kappa shape index (κ3) is 53.2. The van der Waals surface area contributed by atoms with Gasteiger partial charge >= 0.3 is 17.9 Å². The van der Waals surface area contributed by atoms with Crippen LogP contribution < -0.4 is 0 Å². The molecule has 67 heavy (non-hydrogen) atoms. The summed E-state index contributed by atoms with van der Waals surface area (Å²) in [6.07, 6.45) is 72.5. The van der Waals surface area contributed by atoms with Crippen molar-refractivity contribution in [2.45, 2.75) is 258 Å². The molecule has 6 heteroatoms. The predicted molar refractivity (Wildman–Crippen MR) is 288 cm³/mol. The average molecular weight is 931 g/mol. The topological polar surface area (TPSA) is 78.9 Å². The number of hydrogen-bond donors (Lipinski definition) is 0. The Morgan fingerprint density at radius 2 is 0.582 bits per heavy atom. The molecule has 0 heterocycles. The first-order valence-corrected chi connectivity index (χ1v) is 27.7. The third-order valence-corrected chi connectivity index (χ3v) is 11.6. The first-order chi connectivity index (χ1) is 33.0. The van der Waals surface area contributed by atoms with Crippen molar-refractivity contribution in [3.63, 3.8) is 0 Å². The quantitative estimate of drug-likeness (QED) is 0.0262. The van der Waals surface area contributed by atoms with Gasteiger partial charge < -0.3 is 14.2 Å². The summed E-state index contributed by atoms with van der Waals surface area (Å²) in [4.78, 5) is 38.1. The molecule has 0 aromatic heterocycles. The summed E-state index contributed by atoms with van der Waals surface area (Å²) in [5.74, 6) is -0.936. The molecule has 0 aliphatic heterocycles. The number of carbonyl (C=O) groups excluding carboxylic acids is 3. The monoisotopic (exact) mass is 931 g/mol. The third-order valence-electron chi connectivity index (χ3n) is 11.6. The highest BCUT2D eigenvalue weighted by Crippen LogP contribution is 2.15. The van der Waals surface area contributed by atoms with E-state index in [9.17, 15) is 14.4 Å². The van der Waals surface area contributed by atoms with E-state index in [4.69, 9.17) is 14.2 Å². The number of hydrogen-bond acceptors (Lipinski definition) is 6. The second-order valence-electron chi connectivity index (χ2n) is 18.1. The van der Waals surface area contributed by atoms with Gasteiger partial charge in [0.05, 0.1) is 0 Å². The summed E-state index contributed by atoms with van der Waals surface area (Å²) in [6.45, 7) is 6.38. The minimum Gasteiger partial charge on any atom is -0.462 e. The molecule has 0 saturated heterocycles. The zero-order chi connectivity index (χ0) is 48.6. The van der Waals surface area contributed by atoms with Gasteiger partial charge in [-0.05, 0) is 96.3 Å². The van der Waals surface area contributed by atoms with Crippen molar-refractivity contribution in [2.24, 2.45) is 0 Å². The van der Waals surface area contributed by atoms with Crippen LogP contribution in [0.4, 0.5) is 0 Å². The van der Waals surface area contributed by atoms with Crippen LogP contribution >= 0.6 is 0 Å². The van der Waals surface area contributed by atoms with E-state index >= 15 is 0 Å². The maximum atomic E-state index is 12.8. The molecule has 1 unspecified atom stereocenters. The molecule has 0 aromatic carbocycles. The van der Waals surface area contributed by atoms with Gasteiger partial charge in [-0.25, -0.2) is 0 Å². The Morgan fingerprint density at radius 1 is 0.313 bits per heavy atom. The highest BCUT2D eigenvalue weighted by Gasteiger charge is 2.19. The molecule has 0 spiro atoms. The Morgan fingerprint density at radius 3 is 0.925 bits per heavy atom. The highest BCUT2D eigenvalue weighted by molar-refractivity contribution is 5.71. The van der Waals surface area contributed by atoms with Crippen molar-refractivity contribution in [3.8, 4) is 0 Å². The van der Waals surface area contributed by atoms with E-state index < -0.39 is 6.10 Å². The van der Waals surface area contributed by atoms with E-state index in [0.29, 0.717) is 19.3 Å². The van der Waals surface area contributed by atoms with Gasteiger partial charge in [-0.3, -0.25) is 14.4 Å². The lowest BCUT2D eigenvalue weighted by molar-refractivity contribution is -0.167. The molecular weight excluding hydrogens is 829 g/mol. The van der Waals surface area contributed by atoms with Gasteiger partial charge in [-0.1, -0.05) is 234 Å². The van der Waals surface area contributed by atoms with E-state index in [-0.39, 0.29) is 31.1 Å². The van der Waals surface area contributed by atoms with Crippen LogP contribution in [0.3, 0.4) is 0 Å². The fourth-order valence-electron chi connectivity index (χ4n) is 7.48. The molecule has 0 fully saturated rings. The minimum atomic E-state index is -0.798. The van der Waals surface area contributed by atoms with Gasteiger partial charge in [0.15, 0.2) is 6.10 Å². The summed E-state index contributed by atoms with van der Waals surface area (Å²) >= 11 is 0. The highest BCUT2D eigenvalue weighted by atomic mass is 16.6. The molecule has 0 aliphatic rings. The standard InChI is InChI=1S/C61H102O6/c1-4-7-10-13-16-19-22-25-28-30-31-32-34-36-39-42-45-48-51-54-60(63)66-57-58(56-65-59(62)53-50-47-44-41-38-35-27-24-21-18-15-12-9-6-3)67-61(64)55-52-49-46-43-40-37-33-29-26-23-20-17-14-11-8-5-2/h7-8,10-11,16-17,19-20,25-26,28-29,31-32,36,39,58H,4-6,9,12-15,18,21-24,27,30,33-35,37-38,40-57H2,1-3H3/b10-7-,11-8-,19-16-,20-17-,28-25-,29-26-,32-31-,39-36-. The van der Waals surface area contributed by atoms with Crippen LogP contribution in [0.1, 0.15) is 252 Å². The van der Waals surface area contributed by atoms with Crippen LogP contribution in [0.25, 0.3) is 0 Å². The lowest BCUT2D eigenvalue weighted by Crippen LogP contribution is -2.30. The van der Waals surface area contributed by atoms with Crippen molar-refractivity contribution >= 4 is 17.9 Å². The van der Waals surface area contributed by atoms with Gasteiger partial charge in [0.2, 0.25) is 0 Å². The number of rotatable bonds is 49. The van der Waals surface area contributed by atoms with E-state index in [1.54, 1.807) is 0 Å². The fourth-order valence-corrected chi connectivity index (χ4v) is 7.48. The van der Waals surface area contributed by atoms with Crippen LogP contribution in [0.2, 0.25) is 0 Å². The molecule has 0 bridgehead atoms. The lowest BCUT2D eigenvalue weighted by Gasteiger charge is -2.18. The molecule has 0 saturated carbocycles. The second-order valence-corrected chi connectivity index (χ2v) is 18.1. The maximum Gasteiger partial charge on any atom is 0.306 e. The Hall–Kier alpha value is -3.67. The van der Waals surface area contributed by atoms with E-state index in [0.717, 1.165) is 128 Å². The maximum absolute atomic E-state index is 12.8. The molecule has 0 N–H and O–H groups in total. The Bertz CT molecular complexity index is 1350. The number of carbonyl (C=O) groups is 3. The molecule has 0 aliphatic carbocycles. The fraction of sp³-hybridized carbons (Fsp3) is 0.689. The van der Waals surface area contributed by atoms with Gasteiger partial charge in [-0.2, -0.15) is 0 Å². The summed E-state index contributed by atoms with van der Waals surface area (Å²) in [5.41, 5.74) is 0. The predicted octanol–water partition coefficient (Wildman–Crippen LogP) is 18.5. The van der Waals surface area contributed by atoms with Crippen molar-refractivity contribution in [3.05, 3.63) is 97.2 Å². The molecule has 382 valence electrons. The summed E-state index contributed by atoms with van der Waals surface area (Å²) < 4.78 is 16.8. The number of unbranched alkanes of at least 4 members (excludes halogenated alkanes) is 22. The van der Waals surface area contributed by atoms with Crippen LogP contribution in [-0.4, -0.2) is 37.2 Å². The van der Waals surface area contributed by atoms with Crippen LogP contribution in [-0.2, 0) is 28.6 Å². The van der Waals surface area contributed by atoms with Gasteiger partial charge in [-0.15, -0.1) is 0 Å². The second kappa shape index (κ2) is 54.9. The molecule has 1 atom stereocenters. The van der Waals surface area contributed by atoms with Crippen LogP contribution in [0, 0.1) is 0 Å². The van der Waals surface area contributed by atoms with E-state index in [1.165, 1.54) is 83.5 Å². The number of ether oxygens (including phenoxy) is 3. The smallest absolute Gasteiger partial charge is 0.306 e. The molecule has 6 nitrogen and oxygen atoms in total. The van der Waals surface area contributed by atoms with Crippen molar-refractivity contribution in [1.82, 2.24) is 0 Å². The molecular formula is C61H102O6. The Labute approximate surface area is 413 Å². The van der Waals surface area contributed by atoms with Gasteiger partial charge in [0.1, 0.15) is 13.2 Å². The Balaban J connectivity index is 4.46. The molecule has 0 aromatic rings. The van der Waals surface area contributed by atoms with Crippen molar-refractivity contribution in [2.75, 3.05) is 13.2 Å². The largest absolute Gasteiger partial charge is 0.462 e. The van der Waals surface area contributed by atoms with Gasteiger partial charge in [0, 0.05) is 19.3 Å². The number of allylic oxidation sites excluding steroid dienone is 16. The van der Waals surface area contributed by atoms with Crippen LogP contribution in [0.15, 0.2) is 97.2 Å². The summed E-state index contributed by atoms with van der Waals surface area (Å²) in [7, 11) is 0. The zero-order valence-electron chi connectivity index (χ0n) is 43.6. The Kier molecular flexibility index (Phi) is 51.9. The van der Waals surface area contributed by atoms with Crippen molar-refractivity contribution < 1.29 is 28.6 Å². The minimum absolute atomic E-state index is 0.0925. The first-order valence-electron chi connectivity index (χ1n) is 27.7.